The second-order valence-corrected chi connectivity index (χ2v) is 4.07. The first kappa shape index (κ1) is 12.7. The quantitative estimate of drug-likeness (QED) is 0.878. The topological polar surface area (TPSA) is 86.3 Å². The lowest BCUT2D eigenvalue weighted by Gasteiger charge is -2.12. The highest BCUT2D eigenvalue weighted by Gasteiger charge is 2.14. The van der Waals surface area contributed by atoms with Gasteiger partial charge in [0.25, 0.3) is 0 Å². The summed E-state index contributed by atoms with van der Waals surface area (Å²) in [6, 6.07) is 11.9. The molecule has 1 aromatic heterocycles. The molecule has 0 saturated carbocycles. The number of hydrogen-bond acceptors (Lipinski definition) is 4. The second kappa shape index (κ2) is 5.27. The zero-order valence-electron chi connectivity index (χ0n) is 10.3. The minimum absolute atomic E-state index is 0.0885. The molecular weight excluding hydrogens is 244 g/mol. The molecule has 2 N–H and O–H groups in total. The monoisotopic (exact) mass is 256 g/mol. The van der Waals surface area contributed by atoms with Crippen molar-refractivity contribution in [2.45, 2.75) is 13.0 Å². The van der Waals surface area contributed by atoms with Crippen molar-refractivity contribution in [2.24, 2.45) is 0 Å². The van der Waals surface area contributed by atoms with Crippen LogP contribution in [0.4, 0.5) is 5.69 Å². The molecule has 0 saturated heterocycles. The number of furan rings is 1. The highest BCUT2D eigenvalue weighted by atomic mass is 16.4. The standard InChI is InChI=1S/C14H12N2O3/c1-9(12-5-6-13(19-12)14(17)18)16-11-4-2-3-10(7-11)8-15/h2-7,9,16H,1H3,(H,17,18). The zero-order valence-corrected chi connectivity index (χ0v) is 10.3. The molecule has 5 heteroatoms. The van der Waals surface area contributed by atoms with Crippen LogP contribution >= 0.6 is 0 Å². The number of nitrogens with zero attached hydrogens (tertiary/aromatic N) is 1. The molecule has 19 heavy (non-hydrogen) atoms. The summed E-state index contributed by atoms with van der Waals surface area (Å²) in [5.41, 5.74) is 1.34. The number of carboxylic acid groups (broad SMARTS) is 1. The number of rotatable bonds is 4. The van der Waals surface area contributed by atoms with Crippen LogP contribution in [0.2, 0.25) is 0 Å². The van der Waals surface area contributed by atoms with Crippen molar-refractivity contribution in [1.82, 2.24) is 0 Å². The van der Waals surface area contributed by atoms with Crippen LogP contribution in [-0.4, -0.2) is 11.1 Å². The Labute approximate surface area is 110 Å². The predicted molar refractivity (Wildman–Crippen MR) is 68.9 cm³/mol. The van der Waals surface area contributed by atoms with Crippen molar-refractivity contribution in [2.75, 3.05) is 5.32 Å². The Morgan fingerprint density at radius 3 is 2.84 bits per heavy atom. The van der Waals surface area contributed by atoms with Crippen molar-refractivity contribution < 1.29 is 14.3 Å². The lowest BCUT2D eigenvalue weighted by molar-refractivity contribution is 0.0660. The molecule has 0 aliphatic rings. The van der Waals surface area contributed by atoms with Gasteiger partial charge in [-0.1, -0.05) is 6.07 Å². The molecule has 96 valence electrons. The SMILES string of the molecule is CC(Nc1cccc(C#N)c1)c1ccc(C(=O)O)o1. The van der Waals surface area contributed by atoms with Gasteiger partial charge in [0.05, 0.1) is 17.7 Å². The van der Waals surface area contributed by atoms with E-state index >= 15 is 0 Å². The molecule has 2 rings (SSSR count). The van der Waals surface area contributed by atoms with E-state index in [1.54, 1.807) is 24.3 Å². The van der Waals surface area contributed by atoms with Crippen LogP contribution < -0.4 is 5.32 Å². The Morgan fingerprint density at radius 1 is 1.42 bits per heavy atom. The summed E-state index contributed by atoms with van der Waals surface area (Å²) in [7, 11) is 0. The first-order valence-electron chi connectivity index (χ1n) is 5.70. The molecule has 1 atom stereocenters. The van der Waals surface area contributed by atoms with Crippen LogP contribution in [0.25, 0.3) is 0 Å². The van der Waals surface area contributed by atoms with Gasteiger partial charge in [0.15, 0.2) is 0 Å². The molecule has 0 aliphatic carbocycles. The third-order valence-corrected chi connectivity index (χ3v) is 2.64. The summed E-state index contributed by atoms with van der Waals surface area (Å²) in [5.74, 6) is -0.654. The lowest BCUT2D eigenvalue weighted by Crippen LogP contribution is -2.05. The molecule has 0 radical (unpaired) electrons. The molecule has 0 amide bonds. The number of nitrogens with one attached hydrogen (secondary N) is 1. The molecule has 5 nitrogen and oxygen atoms in total. The van der Waals surface area contributed by atoms with Gasteiger partial charge in [0, 0.05) is 5.69 Å². The molecule has 0 spiro atoms. The smallest absolute Gasteiger partial charge is 0.371 e. The predicted octanol–water partition coefficient (Wildman–Crippen LogP) is 3.02. The fourth-order valence-electron chi connectivity index (χ4n) is 1.70. The third-order valence-electron chi connectivity index (χ3n) is 2.64. The van der Waals surface area contributed by atoms with E-state index in [-0.39, 0.29) is 11.8 Å². The number of anilines is 1. The number of nitriles is 1. The number of benzene rings is 1. The minimum atomic E-state index is -1.09. The first-order valence-corrected chi connectivity index (χ1v) is 5.70. The fourth-order valence-corrected chi connectivity index (χ4v) is 1.70. The van der Waals surface area contributed by atoms with Crippen LogP contribution in [-0.2, 0) is 0 Å². The van der Waals surface area contributed by atoms with Crippen molar-refractivity contribution in [1.29, 1.82) is 5.26 Å². The molecule has 0 fully saturated rings. The molecule has 2 aromatic rings. The van der Waals surface area contributed by atoms with Gasteiger partial charge >= 0.3 is 5.97 Å². The van der Waals surface area contributed by atoms with Crippen molar-refractivity contribution in [3.05, 3.63) is 53.5 Å². The second-order valence-electron chi connectivity index (χ2n) is 4.07. The first-order chi connectivity index (χ1) is 9.10. The Hall–Kier alpha value is -2.74. The van der Waals surface area contributed by atoms with E-state index < -0.39 is 5.97 Å². The van der Waals surface area contributed by atoms with Gasteiger partial charge in [0.2, 0.25) is 5.76 Å². The Morgan fingerprint density at radius 2 is 2.21 bits per heavy atom. The van der Waals surface area contributed by atoms with E-state index in [2.05, 4.69) is 11.4 Å². The Kier molecular flexibility index (Phi) is 3.53. The summed E-state index contributed by atoms with van der Waals surface area (Å²) in [4.78, 5) is 10.7. The fraction of sp³-hybridized carbons (Fsp3) is 0.143. The normalized spacial score (nSPS) is 11.6. The summed E-state index contributed by atoms with van der Waals surface area (Å²) < 4.78 is 5.21. The van der Waals surface area contributed by atoms with E-state index in [1.807, 2.05) is 13.0 Å². The van der Waals surface area contributed by atoms with Crippen molar-refractivity contribution in [3.63, 3.8) is 0 Å². The summed E-state index contributed by atoms with van der Waals surface area (Å²) in [6.07, 6.45) is 0. The summed E-state index contributed by atoms with van der Waals surface area (Å²) in [5, 5.41) is 20.8. The van der Waals surface area contributed by atoms with Crippen molar-refractivity contribution in [3.8, 4) is 6.07 Å². The number of carboxylic acids is 1. The maximum Gasteiger partial charge on any atom is 0.371 e. The third kappa shape index (κ3) is 2.93. The van der Waals surface area contributed by atoms with Gasteiger partial charge < -0.3 is 14.8 Å². The average molecular weight is 256 g/mol. The van der Waals surface area contributed by atoms with Gasteiger partial charge in [0.1, 0.15) is 5.76 Å². The zero-order chi connectivity index (χ0) is 13.8. The molecule has 0 aliphatic heterocycles. The van der Waals surface area contributed by atoms with Crippen LogP contribution in [0.3, 0.4) is 0 Å². The van der Waals surface area contributed by atoms with Crippen LogP contribution in [0.5, 0.6) is 0 Å². The average Bonchev–Trinajstić information content (AvgIpc) is 2.89. The molecule has 1 aromatic carbocycles. The largest absolute Gasteiger partial charge is 0.475 e. The molecule has 1 heterocycles. The minimum Gasteiger partial charge on any atom is -0.475 e. The Bertz CT molecular complexity index is 640. The Balaban J connectivity index is 2.13. The van der Waals surface area contributed by atoms with Gasteiger partial charge in [-0.2, -0.15) is 5.26 Å². The summed E-state index contributed by atoms with van der Waals surface area (Å²) in [6.45, 7) is 1.85. The van der Waals surface area contributed by atoms with Crippen LogP contribution in [0.15, 0.2) is 40.8 Å². The highest BCUT2D eigenvalue weighted by Crippen LogP contribution is 2.21. The van der Waals surface area contributed by atoms with Gasteiger partial charge in [-0.25, -0.2) is 4.79 Å². The number of carbonyl (C=O) groups is 1. The van der Waals surface area contributed by atoms with E-state index in [4.69, 9.17) is 14.8 Å². The van der Waals surface area contributed by atoms with Crippen LogP contribution in [0.1, 0.15) is 34.8 Å². The maximum atomic E-state index is 10.7. The van der Waals surface area contributed by atoms with Gasteiger partial charge in [-0.3, -0.25) is 0 Å². The van der Waals surface area contributed by atoms with Gasteiger partial charge in [-0.05, 0) is 37.3 Å². The maximum absolute atomic E-state index is 10.7. The van der Waals surface area contributed by atoms with Gasteiger partial charge in [-0.15, -0.1) is 0 Å². The lowest BCUT2D eigenvalue weighted by atomic mass is 10.2. The van der Waals surface area contributed by atoms with Crippen molar-refractivity contribution >= 4 is 11.7 Å². The molecular formula is C14H12N2O3. The van der Waals surface area contributed by atoms with E-state index in [9.17, 15) is 4.79 Å². The van der Waals surface area contributed by atoms with E-state index in [0.717, 1.165) is 5.69 Å². The molecule has 1 unspecified atom stereocenters. The summed E-state index contributed by atoms with van der Waals surface area (Å²) >= 11 is 0. The van der Waals surface area contributed by atoms with E-state index in [0.29, 0.717) is 11.3 Å². The number of hydrogen-bond donors (Lipinski definition) is 2. The molecule has 0 bridgehead atoms. The highest BCUT2D eigenvalue weighted by molar-refractivity contribution is 5.84. The number of aromatic carboxylic acids is 1. The van der Waals surface area contributed by atoms with Crippen LogP contribution in [0, 0.1) is 11.3 Å². The van der Waals surface area contributed by atoms with E-state index in [1.165, 1.54) is 6.07 Å².